The van der Waals surface area contributed by atoms with Gasteiger partial charge in [0.1, 0.15) is 10.8 Å². The summed E-state index contributed by atoms with van der Waals surface area (Å²) < 4.78 is 12.9. The summed E-state index contributed by atoms with van der Waals surface area (Å²) in [5, 5.41) is 3.17. The van der Waals surface area contributed by atoms with Gasteiger partial charge in [-0.2, -0.15) is 0 Å². The molecular weight excluding hydrogens is 279 g/mol. The Balaban J connectivity index is 2.04. The molecule has 2 nitrogen and oxygen atoms in total. The maximum absolute atomic E-state index is 12.9. The average molecular weight is 296 g/mol. The van der Waals surface area contributed by atoms with Crippen molar-refractivity contribution in [3.05, 3.63) is 40.1 Å². The molecule has 102 valence electrons. The number of hydrogen-bond donors (Lipinski definition) is 1. The van der Waals surface area contributed by atoms with Crippen LogP contribution >= 0.6 is 23.1 Å². The van der Waals surface area contributed by atoms with Crippen molar-refractivity contribution in [2.45, 2.75) is 36.8 Å². The van der Waals surface area contributed by atoms with Crippen molar-refractivity contribution in [3.8, 4) is 0 Å². The van der Waals surface area contributed by atoms with E-state index in [2.05, 4.69) is 31.1 Å². The van der Waals surface area contributed by atoms with Gasteiger partial charge in [0.25, 0.3) is 0 Å². The Bertz CT molecular complexity index is 573. The van der Waals surface area contributed by atoms with Gasteiger partial charge in [-0.3, -0.25) is 0 Å². The summed E-state index contributed by atoms with van der Waals surface area (Å²) >= 11 is 3.25. The molecular formula is C14H17FN2S2. The number of rotatable bonds is 3. The second kappa shape index (κ2) is 5.51. The van der Waals surface area contributed by atoms with Crippen LogP contribution in [-0.2, 0) is 11.2 Å². The quantitative estimate of drug-likeness (QED) is 0.671. The van der Waals surface area contributed by atoms with Gasteiger partial charge < -0.3 is 5.73 Å². The lowest BCUT2D eigenvalue weighted by Crippen LogP contribution is -2.11. The molecule has 0 saturated heterocycles. The fraction of sp³-hybridized carbons (Fsp3) is 0.357. The molecule has 2 N–H and O–H groups in total. The third kappa shape index (κ3) is 3.70. The molecule has 0 spiro atoms. The van der Waals surface area contributed by atoms with E-state index in [0.717, 1.165) is 21.3 Å². The Morgan fingerprint density at radius 1 is 1.37 bits per heavy atom. The molecule has 0 aliphatic heterocycles. The minimum absolute atomic E-state index is 0.0777. The van der Waals surface area contributed by atoms with Crippen LogP contribution in [0.5, 0.6) is 0 Å². The van der Waals surface area contributed by atoms with Crippen molar-refractivity contribution in [1.82, 2.24) is 4.98 Å². The van der Waals surface area contributed by atoms with Gasteiger partial charge in [0.15, 0.2) is 0 Å². The van der Waals surface area contributed by atoms with Gasteiger partial charge in [0.05, 0.1) is 11.4 Å². The topological polar surface area (TPSA) is 38.9 Å². The average Bonchev–Trinajstić information content (AvgIpc) is 2.76. The van der Waals surface area contributed by atoms with E-state index in [1.165, 1.54) is 12.1 Å². The number of nitrogens with two attached hydrogens (primary N) is 1. The fourth-order valence-electron chi connectivity index (χ4n) is 1.51. The van der Waals surface area contributed by atoms with Gasteiger partial charge in [0, 0.05) is 21.4 Å². The summed E-state index contributed by atoms with van der Waals surface area (Å²) in [6.45, 7) is 6.45. The van der Waals surface area contributed by atoms with Crippen LogP contribution in [0.4, 0.5) is 10.1 Å². The molecule has 2 aromatic rings. The van der Waals surface area contributed by atoms with Gasteiger partial charge >= 0.3 is 0 Å². The summed E-state index contributed by atoms with van der Waals surface area (Å²) in [7, 11) is 0. The molecule has 19 heavy (non-hydrogen) atoms. The zero-order chi connectivity index (χ0) is 14.0. The third-order valence-electron chi connectivity index (χ3n) is 2.64. The number of thiazole rings is 1. The second-order valence-electron chi connectivity index (χ2n) is 5.35. The maximum Gasteiger partial charge on any atom is 0.125 e. The van der Waals surface area contributed by atoms with Crippen LogP contribution in [0.1, 0.15) is 31.5 Å². The first-order valence-electron chi connectivity index (χ1n) is 5.99. The number of nitrogens with zero attached hydrogens (tertiary/aromatic N) is 1. The number of aromatic nitrogens is 1. The molecule has 0 atom stereocenters. The van der Waals surface area contributed by atoms with Gasteiger partial charge in [-0.05, 0) is 18.2 Å². The van der Waals surface area contributed by atoms with Crippen LogP contribution < -0.4 is 5.73 Å². The Morgan fingerprint density at radius 3 is 2.68 bits per heavy atom. The Kier molecular flexibility index (Phi) is 4.16. The first kappa shape index (κ1) is 14.3. The summed E-state index contributed by atoms with van der Waals surface area (Å²) in [4.78, 5) is 5.52. The molecule has 5 heteroatoms. The zero-order valence-corrected chi connectivity index (χ0v) is 12.9. The van der Waals surface area contributed by atoms with Crippen molar-refractivity contribution in [2.75, 3.05) is 5.73 Å². The molecule has 0 aliphatic carbocycles. The van der Waals surface area contributed by atoms with Gasteiger partial charge in [0.2, 0.25) is 0 Å². The lowest BCUT2D eigenvalue weighted by atomic mass is 9.93. The van der Waals surface area contributed by atoms with Crippen LogP contribution in [0.2, 0.25) is 0 Å². The third-order valence-corrected chi connectivity index (χ3v) is 4.78. The Hall–Kier alpha value is -1.07. The first-order chi connectivity index (χ1) is 8.86. The normalized spacial score (nSPS) is 11.8. The van der Waals surface area contributed by atoms with Gasteiger partial charge in [-0.25, -0.2) is 9.37 Å². The molecule has 1 heterocycles. The van der Waals surface area contributed by atoms with E-state index >= 15 is 0 Å². The van der Waals surface area contributed by atoms with Crippen LogP contribution in [0, 0.1) is 5.82 Å². The molecule has 0 radical (unpaired) electrons. The van der Waals surface area contributed by atoms with E-state index in [9.17, 15) is 4.39 Å². The SMILES string of the molecule is CC(C)(C)c1csc(CSc2ccc(F)cc2N)n1. The molecule has 0 amide bonds. The monoisotopic (exact) mass is 296 g/mol. The van der Waals surface area contributed by atoms with E-state index in [1.807, 2.05) is 0 Å². The molecule has 0 fully saturated rings. The van der Waals surface area contributed by atoms with Crippen LogP contribution in [0.25, 0.3) is 0 Å². The summed E-state index contributed by atoms with van der Waals surface area (Å²) in [6, 6.07) is 4.50. The van der Waals surface area contributed by atoms with E-state index in [4.69, 9.17) is 5.73 Å². The Morgan fingerprint density at radius 2 is 2.11 bits per heavy atom. The number of hydrogen-bond acceptors (Lipinski definition) is 4. The maximum atomic E-state index is 12.9. The van der Waals surface area contributed by atoms with Crippen molar-refractivity contribution in [3.63, 3.8) is 0 Å². The fourth-order valence-corrected chi connectivity index (χ4v) is 3.50. The zero-order valence-electron chi connectivity index (χ0n) is 11.2. The van der Waals surface area contributed by atoms with Gasteiger partial charge in [-0.15, -0.1) is 23.1 Å². The predicted octanol–water partition coefficient (Wildman–Crippen LogP) is 4.45. The second-order valence-corrected chi connectivity index (χ2v) is 7.31. The highest BCUT2D eigenvalue weighted by Gasteiger charge is 2.17. The number of benzene rings is 1. The lowest BCUT2D eigenvalue weighted by molar-refractivity contribution is 0.572. The number of halogens is 1. The minimum atomic E-state index is -0.300. The summed E-state index contributed by atoms with van der Waals surface area (Å²) in [6.07, 6.45) is 0. The number of anilines is 1. The molecule has 0 aliphatic rings. The first-order valence-corrected chi connectivity index (χ1v) is 7.85. The van der Waals surface area contributed by atoms with Crippen molar-refractivity contribution in [1.29, 1.82) is 0 Å². The Labute approximate surface area is 121 Å². The molecule has 2 rings (SSSR count). The highest BCUT2D eigenvalue weighted by Crippen LogP contribution is 2.31. The molecule has 1 aromatic carbocycles. The number of nitrogen functional groups attached to an aromatic ring is 1. The highest BCUT2D eigenvalue weighted by molar-refractivity contribution is 7.98. The highest BCUT2D eigenvalue weighted by atomic mass is 32.2. The van der Waals surface area contributed by atoms with E-state index < -0.39 is 0 Å². The predicted molar refractivity (Wildman–Crippen MR) is 81.2 cm³/mol. The minimum Gasteiger partial charge on any atom is -0.398 e. The van der Waals surface area contributed by atoms with Crippen molar-refractivity contribution < 1.29 is 4.39 Å². The summed E-state index contributed by atoms with van der Waals surface area (Å²) in [5.74, 6) is 0.461. The smallest absolute Gasteiger partial charge is 0.125 e. The van der Waals surface area contributed by atoms with E-state index in [1.54, 1.807) is 29.2 Å². The van der Waals surface area contributed by atoms with E-state index in [-0.39, 0.29) is 11.2 Å². The largest absolute Gasteiger partial charge is 0.398 e. The van der Waals surface area contributed by atoms with E-state index in [0.29, 0.717) is 5.69 Å². The standard InChI is InChI=1S/C14H17FN2S2/c1-14(2,3)12-7-19-13(17-12)8-18-11-5-4-9(15)6-10(11)16/h4-7H,8,16H2,1-3H3. The molecule has 1 aromatic heterocycles. The summed E-state index contributed by atoms with van der Waals surface area (Å²) in [5.41, 5.74) is 7.46. The van der Waals surface area contributed by atoms with Crippen molar-refractivity contribution in [2.24, 2.45) is 0 Å². The van der Waals surface area contributed by atoms with Crippen LogP contribution in [0.3, 0.4) is 0 Å². The molecule has 0 unspecified atom stereocenters. The molecule has 0 bridgehead atoms. The lowest BCUT2D eigenvalue weighted by Gasteiger charge is -2.14. The van der Waals surface area contributed by atoms with Crippen LogP contribution in [0.15, 0.2) is 28.5 Å². The molecule has 0 saturated carbocycles. The van der Waals surface area contributed by atoms with Crippen LogP contribution in [-0.4, -0.2) is 4.98 Å². The van der Waals surface area contributed by atoms with Crippen molar-refractivity contribution >= 4 is 28.8 Å². The number of thioether (sulfide) groups is 1. The van der Waals surface area contributed by atoms with Gasteiger partial charge in [-0.1, -0.05) is 20.8 Å².